The van der Waals surface area contributed by atoms with E-state index in [2.05, 4.69) is 5.32 Å². The topological polar surface area (TPSA) is 58.6 Å². The van der Waals surface area contributed by atoms with Crippen LogP contribution in [0.3, 0.4) is 0 Å². The number of halogens is 2. The number of anilines is 1. The molecule has 0 aliphatic carbocycles. The van der Waals surface area contributed by atoms with Crippen molar-refractivity contribution in [2.24, 2.45) is 0 Å². The summed E-state index contributed by atoms with van der Waals surface area (Å²) in [6.45, 7) is 1.48. The highest BCUT2D eigenvalue weighted by Gasteiger charge is 2.33. The third-order valence-electron chi connectivity index (χ3n) is 4.17. The number of esters is 1. The Labute approximate surface area is 161 Å². The molecule has 0 spiro atoms. The molecule has 0 bridgehead atoms. The Morgan fingerprint density at radius 3 is 2.69 bits per heavy atom. The Morgan fingerprint density at radius 1 is 1.15 bits per heavy atom. The zero-order valence-electron chi connectivity index (χ0n) is 14.0. The maximum absolute atomic E-state index is 12.4. The van der Waals surface area contributed by atoms with Crippen LogP contribution in [-0.4, -0.2) is 36.0 Å². The van der Waals surface area contributed by atoms with E-state index in [4.69, 9.17) is 27.9 Å². The van der Waals surface area contributed by atoms with Crippen LogP contribution in [0.15, 0.2) is 48.5 Å². The van der Waals surface area contributed by atoms with Crippen molar-refractivity contribution in [1.82, 2.24) is 4.90 Å². The Hall–Kier alpha value is -2.08. The monoisotopic (exact) mass is 392 g/mol. The number of cyclic esters (lactones) is 1. The van der Waals surface area contributed by atoms with Crippen LogP contribution in [0.25, 0.3) is 0 Å². The summed E-state index contributed by atoms with van der Waals surface area (Å²) in [6, 6.07) is 14.2. The van der Waals surface area contributed by atoms with Gasteiger partial charge >= 0.3 is 5.97 Å². The van der Waals surface area contributed by atoms with E-state index in [0.29, 0.717) is 30.4 Å². The van der Waals surface area contributed by atoms with Gasteiger partial charge < -0.3 is 10.1 Å². The van der Waals surface area contributed by atoms with Gasteiger partial charge in [-0.25, -0.2) is 0 Å². The smallest absolute Gasteiger partial charge is 0.323 e. The van der Waals surface area contributed by atoms with Crippen molar-refractivity contribution in [3.05, 3.63) is 64.1 Å². The molecule has 5 nitrogen and oxygen atoms in total. The van der Waals surface area contributed by atoms with Crippen LogP contribution in [0.2, 0.25) is 10.0 Å². The summed E-state index contributed by atoms with van der Waals surface area (Å²) >= 11 is 12.1. The lowest BCUT2D eigenvalue weighted by atomic mass is 10.1. The first-order chi connectivity index (χ1) is 12.5. The fourth-order valence-electron chi connectivity index (χ4n) is 2.86. The van der Waals surface area contributed by atoms with Crippen LogP contribution in [0.5, 0.6) is 0 Å². The molecular weight excluding hydrogens is 375 g/mol. The summed E-state index contributed by atoms with van der Waals surface area (Å²) in [5, 5.41) is 3.34. The average molecular weight is 393 g/mol. The lowest BCUT2D eigenvalue weighted by Crippen LogP contribution is -2.49. The highest BCUT2D eigenvalue weighted by Crippen LogP contribution is 2.29. The van der Waals surface area contributed by atoms with Crippen molar-refractivity contribution < 1.29 is 14.3 Å². The fraction of sp³-hybridized carbons (Fsp3) is 0.263. The number of nitrogens with zero attached hydrogens (tertiary/aromatic N) is 1. The lowest BCUT2D eigenvalue weighted by molar-refractivity contribution is -0.159. The van der Waals surface area contributed by atoms with Crippen LogP contribution >= 0.6 is 23.2 Å². The predicted molar refractivity (Wildman–Crippen MR) is 101 cm³/mol. The molecule has 3 rings (SSSR count). The van der Waals surface area contributed by atoms with Crippen molar-refractivity contribution >= 4 is 40.8 Å². The summed E-state index contributed by atoms with van der Waals surface area (Å²) in [6.07, 6.45) is -0.0193. The van der Waals surface area contributed by atoms with Gasteiger partial charge in [0.05, 0.1) is 22.2 Å². The molecule has 26 heavy (non-hydrogen) atoms. The molecule has 1 fully saturated rings. The molecule has 0 unspecified atom stereocenters. The lowest BCUT2D eigenvalue weighted by Gasteiger charge is -2.33. The molecule has 1 saturated heterocycles. The van der Waals surface area contributed by atoms with E-state index >= 15 is 0 Å². The molecule has 0 saturated carbocycles. The summed E-state index contributed by atoms with van der Waals surface area (Å²) in [7, 11) is 0. The van der Waals surface area contributed by atoms with Gasteiger partial charge in [0.2, 0.25) is 5.91 Å². The van der Waals surface area contributed by atoms with E-state index in [0.717, 1.165) is 5.56 Å². The number of carbonyl (C=O) groups is 2. The van der Waals surface area contributed by atoms with Crippen LogP contribution < -0.4 is 5.32 Å². The zero-order chi connectivity index (χ0) is 18.5. The molecule has 1 aliphatic heterocycles. The number of benzene rings is 2. The maximum atomic E-state index is 12.4. The van der Waals surface area contributed by atoms with Gasteiger partial charge in [0, 0.05) is 13.1 Å². The number of rotatable bonds is 5. The van der Waals surface area contributed by atoms with Gasteiger partial charge in [0.25, 0.3) is 0 Å². The molecule has 136 valence electrons. The first kappa shape index (κ1) is 18.7. The normalized spacial score (nSPS) is 17.6. The van der Waals surface area contributed by atoms with Gasteiger partial charge in [0.15, 0.2) is 0 Å². The number of ether oxygens (including phenoxy) is 1. The Kier molecular flexibility index (Phi) is 6.14. The standard InChI is InChI=1S/C19H18Cl2N2O3/c20-14-7-4-8-15(18(14)21)22-17(24)11-16-19(25)26-10-9-23(16)12-13-5-2-1-3-6-13/h1-8,16H,9-12H2,(H,22,24)/t16-/m0/s1. The Balaban J connectivity index is 1.69. The molecule has 2 aromatic carbocycles. The molecule has 0 radical (unpaired) electrons. The van der Waals surface area contributed by atoms with Gasteiger partial charge in [-0.2, -0.15) is 0 Å². The fourth-order valence-corrected chi connectivity index (χ4v) is 3.21. The molecule has 1 amide bonds. The zero-order valence-corrected chi connectivity index (χ0v) is 15.5. The van der Waals surface area contributed by atoms with E-state index in [1.165, 1.54) is 0 Å². The van der Waals surface area contributed by atoms with Crippen LogP contribution in [-0.2, 0) is 20.9 Å². The van der Waals surface area contributed by atoms with Crippen molar-refractivity contribution in [2.75, 3.05) is 18.5 Å². The minimum absolute atomic E-state index is 0.0193. The molecule has 1 N–H and O–H groups in total. The average Bonchev–Trinajstić information content (AvgIpc) is 2.63. The predicted octanol–water partition coefficient (Wildman–Crippen LogP) is 3.75. The van der Waals surface area contributed by atoms with Crippen LogP contribution in [0.1, 0.15) is 12.0 Å². The number of hydrogen-bond donors (Lipinski definition) is 1. The molecule has 1 aliphatic rings. The van der Waals surface area contributed by atoms with E-state index in [-0.39, 0.29) is 23.3 Å². The first-order valence-corrected chi connectivity index (χ1v) is 8.98. The summed E-state index contributed by atoms with van der Waals surface area (Å²) in [5.74, 6) is -0.712. The largest absolute Gasteiger partial charge is 0.463 e. The Morgan fingerprint density at radius 2 is 1.92 bits per heavy atom. The van der Waals surface area contributed by atoms with E-state index in [1.54, 1.807) is 18.2 Å². The molecular formula is C19H18Cl2N2O3. The SMILES string of the molecule is O=C(C[C@H]1C(=O)OCCN1Cc1ccccc1)Nc1cccc(Cl)c1Cl. The highest BCUT2D eigenvalue weighted by atomic mass is 35.5. The molecule has 7 heteroatoms. The second-order valence-corrected chi connectivity index (χ2v) is 6.78. The third kappa shape index (κ3) is 4.55. The van der Waals surface area contributed by atoms with Gasteiger partial charge in [-0.3, -0.25) is 14.5 Å². The molecule has 0 aromatic heterocycles. The van der Waals surface area contributed by atoms with Gasteiger partial charge in [0.1, 0.15) is 12.6 Å². The van der Waals surface area contributed by atoms with E-state index < -0.39 is 6.04 Å². The second-order valence-electron chi connectivity index (χ2n) is 5.99. The summed E-state index contributed by atoms with van der Waals surface area (Å²) < 4.78 is 5.14. The summed E-state index contributed by atoms with van der Waals surface area (Å²) in [5.41, 5.74) is 1.49. The van der Waals surface area contributed by atoms with Crippen LogP contribution in [0, 0.1) is 0 Å². The van der Waals surface area contributed by atoms with E-state index in [1.807, 2.05) is 35.2 Å². The maximum Gasteiger partial charge on any atom is 0.323 e. The number of carbonyl (C=O) groups excluding carboxylic acids is 2. The Bertz CT molecular complexity index is 799. The van der Waals surface area contributed by atoms with E-state index in [9.17, 15) is 9.59 Å². The summed E-state index contributed by atoms with van der Waals surface area (Å²) in [4.78, 5) is 26.6. The minimum Gasteiger partial charge on any atom is -0.463 e. The number of nitrogens with one attached hydrogen (secondary N) is 1. The van der Waals surface area contributed by atoms with Gasteiger partial charge in [-0.05, 0) is 17.7 Å². The van der Waals surface area contributed by atoms with Crippen molar-refractivity contribution in [3.8, 4) is 0 Å². The number of morpholine rings is 1. The molecule has 2 aromatic rings. The number of amides is 1. The van der Waals surface area contributed by atoms with Crippen molar-refractivity contribution in [3.63, 3.8) is 0 Å². The second kappa shape index (κ2) is 8.54. The third-order valence-corrected chi connectivity index (χ3v) is 4.99. The number of hydrogen-bond acceptors (Lipinski definition) is 4. The molecule has 1 heterocycles. The molecule has 1 atom stereocenters. The van der Waals surface area contributed by atoms with Gasteiger partial charge in [-0.1, -0.05) is 59.6 Å². The first-order valence-electron chi connectivity index (χ1n) is 8.23. The van der Waals surface area contributed by atoms with Crippen LogP contribution in [0.4, 0.5) is 5.69 Å². The van der Waals surface area contributed by atoms with Crippen molar-refractivity contribution in [1.29, 1.82) is 0 Å². The van der Waals surface area contributed by atoms with Crippen molar-refractivity contribution in [2.45, 2.75) is 19.0 Å². The highest BCUT2D eigenvalue weighted by molar-refractivity contribution is 6.44. The van der Waals surface area contributed by atoms with Gasteiger partial charge in [-0.15, -0.1) is 0 Å². The quantitative estimate of drug-likeness (QED) is 0.787. The minimum atomic E-state index is -0.637.